The van der Waals surface area contributed by atoms with Crippen LogP contribution in [0.1, 0.15) is 25.5 Å². The van der Waals surface area contributed by atoms with Gasteiger partial charge in [-0.1, -0.05) is 6.92 Å². The number of anilines is 1. The fourth-order valence-electron chi connectivity index (χ4n) is 2.13. The van der Waals surface area contributed by atoms with E-state index in [0.29, 0.717) is 0 Å². The van der Waals surface area contributed by atoms with Crippen molar-refractivity contribution in [3.8, 4) is 0 Å². The summed E-state index contributed by atoms with van der Waals surface area (Å²) in [5.41, 5.74) is 1.06. The van der Waals surface area contributed by atoms with E-state index in [4.69, 9.17) is 4.74 Å². The summed E-state index contributed by atoms with van der Waals surface area (Å²) in [7, 11) is 1.73. The third-order valence-electron chi connectivity index (χ3n) is 3.44. The first-order valence-electron chi connectivity index (χ1n) is 6.47. The van der Waals surface area contributed by atoms with Gasteiger partial charge in [-0.05, 0) is 31.6 Å². The number of rotatable bonds is 7. The minimum Gasteiger partial charge on any atom is -0.383 e. The Kier molecular flexibility index (Phi) is 4.05. The maximum Gasteiger partial charge on any atom is 0.203 e. The molecule has 1 saturated carbocycles. The normalized spacial score (nSPS) is 17.1. The molecule has 1 fully saturated rings. The predicted molar refractivity (Wildman–Crippen MR) is 69.2 cm³/mol. The zero-order valence-electron chi connectivity index (χ0n) is 11.1. The summed E-state index contributed by atoms with van der Waals surface area (Å²) in [6.07, 6.45) is 4.88. The molecule has 0 spiro atoms. The van der Waals surface area contributed by atoms with Gasteiger partial charge in [0.25, 0.3) is 0 Å². The first kappa shape index (κ1) is 12.4. The van der Waals surface area contributed by atoms with Crippen LogP contribution in [0.2, 0.25) is 0 Å². The topological polar surface area (TPSA) is 39.1 Å². The van der Waals surface area contributed by atoms with Crippen LogP contribution in [0.3, 0.4) is 0 Å². The Labute approximate surface area is 103 Å². The monoisotopic (exact) mass is 237 g/mol. The minimum atomic E-state index is 0.725. The first-order chi connectivity index (χ1) is 8.20. The van der Waals surface area contributed by atoms with Gasteiger partial charge in [0.05, 0.1) is 12.3 Å². The Morgan fingerprint density at radius 2 is 2.35 bits per heavy atom. The van der Waals surface area contributed by atoms with Gasteiger partial charge in [-0.15, -0.1) is 0 Å². The van der Waals surface area contributed by atoms with Crippen molar-refractivity contribution < 1.29 is 4.74 Å². The number of aromatic nitrogens is 2. The summed E-state index contributed by atoms with van der Waals surface area (Å²) in [4.78, 5) is 4.51. The number of aryl methyl sites for hydroxylation is 1. The van der Waals surface area contributed by atoms with E-state index in [1.54, 1.807) is 7.11 Å². The van der Waals surface area contributed by atoms with E-state index >= 15 is 0 Å². The number of imidazole rings is 1. The van der Waals surface area contributed by atoms with Gasteiger partial charge in [-0.2, -0.15) is 0 Å². The van der Waals surface area contributed by atoms with Gasteiger partial charge in [0, 0.05) is 26.4 Å². The number of nitrogens with one attached hydrogen (secondary N) is 1. The molecule has 17 heavy (non-hydrogen) atoms. The van der Waals surface area contributed by atoms with Crippen LogP contribution in [0.4, 0.5) is 5.95 Å². The van der Waals surface area contributed by atoms with Crippen LogP contribution < -0.4 is 5.32 Å². The molecule has 4 heteroatoms. The van der Waals surface area contributed by atoms with Crippen molar-refractivity contribution in [1.82, 2.24) is 9.55 Å². The smallest absolute Gasteiger partial charge is 0.203 e. The lowest BCUT2D eigenvalue weighted by Crippen LogP contribution is -2.16. The SMILES string of the molecule is COCCn1cc(C)nc1NCC(C)C1CC1. The molecule has 1 aliphatic rings. The van der Waals surface area contributed by atoms with Crippen LogP contribution in [0.15, 0.2) is 6.20 Å². The summed E-state index contributed by atoms with van der Waals surface area (Å²) in [5.74, 6) is 2.67. The Morgan fingerprint density at radius 1 is 1.59 bits per heavy atom. The number of methoxy groups -OCH3 is 1. The van der Waals surface area contributed by atoms with Crippen molar-refractivity contribution in [2.45, 2.75) is 33.2 Å². The average molecular weight is 237 g/mol. The van der Waals surface area contributed by atoms with Crippen molar-refractivity contribution in [3.63, 3.8) is 0 Å². The molecule has 1 aliphatic carbocycles. The van der Waals surface area contributed by atoms with E-state index in [2.05, 4.69) is 28.0 Å². The van der Waals surface area contributed by atoms with Crippen LogP contribution in [0.5, 0.6) is 0 Å². The summed E-state index contributed by atoms with van der Waals surface area (Å²) in [5, 5.41) is 3.46. The van der Waals surface area contributed by atoms with Gasteiger partial charge in [-0.3, -0.25) is 0 Å². The van der Waals surface area contributed by atoms with Crippen LogP contribution in [-0.2, 0) is 11.3 Å². The summed E-state index contributed by atoms with van der Waals surface area (Å²) < 4.78 is 7.24. The second kappa shape index (κ2) is 5.54. The van der Waals surface area contributed by atoms with Crippen LogP contribution in [-0.4, -0.2) is 29.8 Å². The molecular weight excluding hydrogens is 214 g/mol. The molecule has 1 aromatic heterocycles. The Hall–Kier alpha value is -1.03. The summed E-state index contributed by atoms with van der Waals surface area (Å²) >= 11 is 0. The number of hydrogen-bond acceptors (Lipinski definition) is 3. The van der Waals surface area contributed by atoms with Gasteiger partial charge in [0.2, 0.25) is 5.95 Å². The lowest BCUT2D eigenvalue weighted by molar-refractivity contribution is 0.187. The highest BCUT2D eigenvalue weighted by molar-refractivity contribution is 5.28. The van der Waals surface area contributed by atoms with Crippen molar-refractivity contribution >= 4 is 5.95 Å². The molecule has 1 heterocycles. The minimum absolute atomic E-state index is 0.725. The first-order valence-corrected chi connectivity index (χ1v) is 6.47. The molecule has 2 rings (SSSR count). The fourth-order valence-corrected chi connectivity index (χ4v) is 2.13. The lowest BCUT2D eigenvalue weighted by atomic mass is 10.1. The van der Waals surface area contributed by atoms with E-state index in [9.17, 15) is 0 Å². The van der Waals surface area contributed by atoms with E-state index < -0.39 is 0 Å². The predicted octanol–water partition coefficient (Wildman–Crippen LogP) is 2.30. The summed E-state index contributed by atoms with van der Waals surface area (Å²) in [6.45, 7) is 6.95. The second-order valence-corrected chi connectivity index (χ2v) is 5.09. The molecule has 1 atom stereocenters. The molecule has 1 N–H and O–H groups in total. The average Bonchev–Trinajstić information content (AvgIpc) is 3.08. The highest BCUT2D eigenvalue weighted by atomic mass is 16.5. The molecular formula is C13H23N3O. The molecule has 96 valence electrons. The standard InChI is InChI=1S/C13H23N3O/c1-10(12-4-5-12)8-14-13-15-11(2)9-16(13)6-7-17-3/h9-10,12H,4-8H2,1-3H3,(H,14,15). The van der Waals surface area contributed by atoms with E-state index in [-0.39, 0.29) is 0 Å². The van der Waals surface area contributed by atoms with Crippen molar-refractivity contribution in [2.24, 2.45) is 11.8 Å². The molecule has 0 saturated heterocycles. The van der Waals surface area contributed by atoms with Crippen LogP contribution in [0.25, 0.3) is 0 Å². The highest BCUT2D eigenvalue weighted by Crippen LogP contribution is 2.36. The Bertz CT molecular complexity index is 358. The van der Waals surface area contributed by atoms with E-state index in [1.807, 2.05) is 6.92 Å². The number of hydrogen-bond donors (Lipinski definition) is 1. The lowest BCUT2D eigenvalue weighted by Gasteiger charge is -2.13. The van der Waals surface area contributed by atoms with Gasteiger partial charge >= 0.3 is 0 Å². The van der Waals surface area contributed by atoms with Crippen LogP contribution >= 0.6 is 0 Å². The van der Waals surface area contributed by atoms with Crippen molar-refractivity contribution in [2.75, 3.05) is 25.6 Å². The molecule has 0 amide bonds. The van der Waals surface area contributed by atoms with E-state index in [0.717, 1.165) is 43.2 Å². The van der Waals surface area contributed by atoms with Crippen molar-refractivity contribution in [3.05, 3.63) is 11.9 Å². The fraction of sp³-hybridized carbons (Fsp3) is 0.769. The molecule has 0 aromatic carbocycles. The zero-order chi connectivity index (χ0) is 12.3. The maximum absolute atomic E-state index is 5.11. The quantitative estimate of drug-likeness (QED) is 0.791. The van der Waals surface area contributed by atoms with Crippen LogP contribution in [0, 0.1) is 18.8 Å². The second-order valence-electron chi connectivity index (χ2n) is 5.09. The highest BCUT2D eigenvalue weighted by Gasteiger charge is 2.27. The van der Waals surface area contributed by atoms with Gasteiger partial charge in [-0.25, -0.2) is 4.98 Å². The molecule has 1 unspecified atom stereocenters. The molecule has 4 nitrogen and oxygen atoms in total. The molecule has 0 radical (unpaired) electrons. The molecule has 1 aromatic rings. The van der Waals surface area contributed by atoms with Gasteiger partial charge in [0.1, 0.15) is 0 Å². The number of nitrogens with zero attached hydrogens (tertiary/aromatic N) is 2. The number of ether oxygens (including phenoxy) is 1. The van der Waals surface area contributed by atoms with E-state index in [1.165, 1.54) is 12.8 Å². The summed E-state index contributed by atoms with van der Waals surface area (Å²) in [6, 6.07) is 0. The Morgan fingerprint density at radius 3 is 3.00 bits per heavy atom. The molecule has 0 aliphatic heterocycles. The zero-order valence-corrected chi connectivity index (χ0v) is 11.1. The Balaban J connectivity index is 1.88. The molecule has 0 bridgehead atoms. The maximum atomic E-state index is 5.11. The van der Waals surface area contributed by atoms with Gasteiger partial charge in [0.15, 0.2) is 0 Å². The van der Waals surface area contributed by atoms with Gasteiger partial charge < -0.3 is 14.6 Å². The largest absolute Gasteiger partial charge is 0.383 e. The third-order valence-corrected chi connectivity index (χ3v) is 3.44. The van der Waals surface area contributed by atoms with Crippen molar-refractivity contribution in [1.29, 1.82) is 0 Å². The third kappa shape index (κ3) is 3.46.